The number of alkyl halides is 3. The molecule has 2 aromatic heterocycles. The molecule has 2 N–H and O–H groups in total. The van der Waals surface area contributed by atoms with Gasteiger partial charge in [0.05, 0.1) is 44.4 Å². The number of benzene rings is 1. The molecule has 0 radical (unpaired) electrons. The summed E-state index contributed by atoms with van der Waals surface area (Å²) in [5.41, 5.74) is 1.37. The van der Waals surface area contributed by atoms with Crippen LogP contribution in [0.1, 0.15) is 0 Å². The van der Waals surface area contributed by atoms with Gasteiger partial charge in [-0.3, -0.25) is 9.48 Å². The van der Waals surface area contributed by atoms with Crippen molar-refractivity contribution in [3.05, 3.63) is 55.2 Å². The van der Waals surface area contributed by atoms with Crippen LogP contribution in [0.2, 0.25) is 0 Å². The largest absolute Gasteiger partial charge is 0.491 e. The summed E-state index contributed by atoms with van der Waals surface area (Å²) in [6.45, 7) is 6.30. The molecule has 1 amide bonds. The second kappa shape index (κ2) is 13.1. The maximum atomic E-state index is 12.4. The molecule has 3 heterocycles. The minimum atomic E-state index is -5.27. The number of methoxy groups -OCH3 is 1. The molecule has 3 aromatic rings. The van der Waals surface area contributed by atoms with E-state index in [0.29, 0.717) is 50.8 Å². The van der Waals surface area contributed by atoms with Crippen LogP contribution in [0.3, 0.4) is 0 Å². The van der Waals surface area contributed by atoms with Gasteiger partial charge in [0.15, 0.2) is 5.76 Å². The molecular formula is C25H26F3N7O6. The number of morpholine rings is 1. The van der Waals surface area contributed by atoms with Crippen molar-refractivity contribution >= 4 is 34.9 Å². The van der Waals surface area contributed by atoms with Gasteiger partial charge < -0.3 is 34.5 Å². The lowest BCUT2D eigenvalue weighted by molar-refractivity contribution is -0.195. The fourth-order valence-corrected chi connectivity index (χ4v) is 3.55. The lowest BCUT2D eigenvalue weighted by atomic mass is 10.3. The van der Waals surface area contributed by atoms with Gasteiger partial charge in [-0.15, -0.1) is 0 Å². The van der Waals surface area contributed by atoms with Gasteiger partial charge >= 0.3 is 12.1 Å². The normalized spacial score (nSPS) is 13.4. The van der Waals surface area contributed by atoms with Crippen molar-refractivity contribution in [2.24, 2.45) is 0 Å². The van der Waals surface area contributed by atoms with E-state index in [2.05, 4.69) is 37.0 Å². The Bertz CT molecular complexity index is 1390. The first-order valence-corrected chi connectivity index (χ1v) is 12.2. The van der Waals surface area contributed by atoms with Crippen LogP contribution < -0.4 is 20.3 Å². The number of carbonyl (C=O) groups excluding carboxylic acids is 2. The topological polar surface area (TPSA) is 142 Å². The zero-order valence-electron chi connectivity index (χ0n) is 21.8. The highest BCUT2D eigenvalue weighted by atomic mass is 19.4. The van der Waals surface area contributed by atoms with Crippen molar-refractivity contribution in [3.8, 4) is 11.6 Å². The van der Waals surface area contributed by atoms with Crippen molar-refractivity contribution in [3.63, 3.8) is 0 Å². The third-order valence-corrected chi connectivity index (χ3v) is 5.51. The summed E-state index contributed by atoms with van der Waals surface area (Å²) in [7, 11) is 1.60. The Morgan fingerprint density at radius 1 is 1.17 bits per heavy atom. The number of carbonyl (C=O) groups is 2. The maximum Gasteiger partial charge on any atom is 0.491 e. The van der Waals surface area contributed by atoms with Gasteiger partial charge in [0.2, 0.25) is 11.8 Å². The van der Waals surface area contributed by atoms with Crippen LogP contribution in [0.5, 0.6) is 11.6 Å². The highest BCUT2D eigenvalue weighted by Crippen LogP contribution is 2.33. The number of hydrogen-bond acceptors (Lipinski definition) is 11. The zero-order chi connectivity index (χ0) is 29.4. The van der Waals surface area contributed by atoms with Gasteiger partial charge in [-0.25, -0.2) is 9.78 Å². The Morgan fingerprint density at radius 2 is 1.95 bits per heavy atom. The number of hydrogen-bond donors (Lipinski definition) is 2. The summed E-state index contributed by atoms with van der Waals surface area (Å²) in [6, 6.07) is 6.00. The molecule has 0 saturated carbocycles. The van der Waals surface area contributed by atoms with Crippen molar-refractivity contribution in [1.82, 2.24) is 19.7 Å². The molecule has 0 spiro atoms. The minimum absolute atomic E-state index is 0.139. The van der Waals surface area contributed by atoms with Gasteiger partial charge in [0.25, 0.3) is 5.91 Å². The lowest BCUT2D eigenvalue weighted by Crippen LogP contribution is -2.36. The smallest absolute Gasteiger partial charge is 0.437 e. The number of halogens is 3. The van der Waals surface area contributed by atoms with E-state index < -0.39 is 23.8 Å². The minimum Gasteiger partial charge on any atom is -0.437 e. The number of esters is 1. The summed E-state index contributed by atoms with van der Waals surface area (Å²) in [4.78, 5) is 34.1. The van der Waals surface area contributed by atoms with E-state index in [1.165, 1.54) is 12.1 Å². The van der Waals surface area contributed by atoms with Crippen molar-refractivity contribution in [1.29, 1.82) is 0 Å². The van der Waals surface area contributed by atoms with E-state index in [4.69, 9.17) is 14.2 Å². The van der Waals surface area contributed by atoms with Crippen LogP contribution in [0, 0.1) is 0 Å². The third-order valence-electron chi connectivity index (χ3n) is 5.51. The van der Waals surface area contributed by atoms with E-state index in [1.54, 1.807) is 42.5 Å². The second-order valence-electron chi connectivity index (χ2n) is 8.49. The third kappa shape index (κ3) is 8.15. The summed E-state index contributed by atoms with van der Waals surface area (Å²) < 4.78 is 59.5. The van der Waals surface area contributed by atoms with Gasteiger partial charge in [-0.1, -0.05) is 12.6 Å². The zero-order valence-corrected chi connectivity index (χ0v) is 21.8. The average Bonchev–Trinajstić information content (AvgIpc) is 3.39. The first-order chi connectivity index (χ1) is 19.6. The molecule has 0 unspecified atom stereocenters. The Labute approximate surface area is 231 Å². The van der Waals surface area contributed by atoms with E-state index in [9.17, 15) is 22.8 Å². The number of amides is 1. The van der Waals surface area contributed by atoms with Gasteiger partial charge in [-0.05, 0) is 12.1 Å². The van der Waals surface area contributed by atoms with E-state index in [1.807, 2.05) is 4.90 Å². The predicted octanol–water partition coefficient (Wildman–Crippen LogP) is 3.25. The molecule has 0 bridgehead atoms. The number of anilines is 4. The predicted molar refractivity (Wildman–Crippen MR) is 139 cm³/mol. The average molecular weight is 578 g/mol. The fraction of sp³-hybridized carbons (Fsp3) is 0.320. The van der Waals surface area contributed by atoms with Crippen molar-refractivity contribution in [2.75, 3.05) is 55.6 Å². The Kier molecular flexibility index (Phi) is 9.36. The molecule has 1 aliphatic rings. The molecule has 0 aliphatic carbocycles. The van der Waals surface area contributed by atoms with Crippen LogP contribution in [0.25, 0.3) is 0 Å². The Balaban J connectivity index is 1.51. The number of ether oxygens (including phenoxy) is 4. The highest BCUT2D eigenvalue weighted by Gasteiger charge is 2.42. The molecule has 1 fully saturated rings. The quantitative estimate of drug-likeness (QED) is 0.197. The van der Waals surface area contributed by atoms with Crippen LogP contribution in [-0.4, -0.2) is 77.8 Å². The number of nitrogens with zero attached hydrogens (tertiary/aromatic N) is 5. The molecule has 218 valence electrons. The van der Waals surface area contributed by atoms with Crippen molar-refractivity contribution in [2.45, 2.75) is 12.7 Å². The van der Waals surface area contributed by atoms with Gasteiger partial charge in [-0.2, -0.15) is 23.3 Å². The van der Waals surface area contributed by atoms with E-state index in [0.717, 1.165) is 0 Å². The lowest BCUT2D eigenvalue weighted by Gasteiger charge is -2.29. The number of rotatable bonds is 11. The summed E-state index contributed by atoms with van der Waals surface area (Å²) in [5.74, 6) is -4.05. The molecule has 4 rings (SSSR count). The molecule has 1 saturated heterocycles. The molecular weight excluding hydrogens is 551 g/mol. The first-order valence-electron chi connectivity index (χ1n) is 12.2. The van der Waals surface area contributed by atoms with Crippen LogP contribution in [-0.2, 0) is 30.3 Å². The Morgan fingerprint density at radius 3 is 2.68 bits per heavy atom. The molecule has 0 atom stereocenters. The van der Waals surface area contributed by atoms with Gasteiger partial charge in [0, 0.05) is 38.1 Å². The molecule has 41 heavy (non-hydrogen) atoms. The van der Waals surface area contributed by atoms with Crippen LogP contribution in [0.4, 0.5) is 36.2 Å². The van der Waals surface area contributed by atoms with E-state index in [-0.39, 0.29) is 23.3 Å². The first kappa shape index (κ1) is 29.3. The molecule has 1 aromatic carbocycles. The fourth-order valence-electron chi connectivity index (χ4n) is 3.55. The molecule has 16 heteroatoms. The molecule has 1 aliphatic heterocycles. The number of nitrogens with one attached hydrogen (secondary N) is 2. The van der Waals surface area contributed by atoms with Crippen LogP contribution >= 0.6 is 0 Å². The summed E-state index contributed by atoms with van der Waals surface area (Å²) in [6.07, 6.45) is -0.285. The Hall–Kier alpha value is -4.70. The second-order valence-corrected chi connectivity index (χ2v) is 8.49. The molecule has 13 nitrogen and oxygen atoms in total. The SMILES string of the molecule is C=C(OC(=O)C(F)(F)F)C(=O)Nc1cccc(Oc2nc(Nc3cnn(CCOC)c3)ncc2N2CCOCC2)c1. The maximum absolute atomic E-state index is 12.4. The highest BCUT2D eigenvalue weighted by molar-refractivity contribution is 6.03. The van der Waals surface area contributed by atoms with Crippen LogP contribution in [0.15, 0.2) is 55.2 Å². The summed E-state index contributed by atoms with van der Waals surface area (Å²) in [5, 5.41) is 9.63. The van der Waals surface area contributed by atoms with Crippen molar-refractivity contribution < 1.29 is 41.7 Å². The van der Waals surface area contributed by atoms with Gasteiger partial charge in [0.1, 0.15) is 11.4 Å². The number of aromatic nitrogens is 4. The summed E-state index contributed by atoms with van der Waals surface area (Å²) >= 11 is 0. The monoisotopic (exact) mass is 577 g/mol. The van der Waals surface area contributed by atoms with E-state index >= 15 is 0 Å². The standard InChI is InChI=1S/C25H26F3N7O6/c1-16(40-23(37)25(26,27)28)21(36)31-17-4-3-5-19(12-17)41-22-20(34-6-10-39-11-7-34)14-29-24(33-22)32-18-13-30-35(15-18)8-9-38-2/h3-5,12-15H,1,6-11H2,2H3,(H,31,36)(H,29,32,33).